The normalized spacial score (nSPS) is 13.0. The first-order chi connectivity index (χ1) is 21.5. The Morgan fingerprint density at radius 1 is 0.778 bits per heavy atom. The highest BCUT2D eigenvalue weighted by Gasteiger charge is 2.33. The summed E-state index contributed by atoms with van der Waals surface area (Å²) in [4.78, 5) is 27.4. The van der Waals surface area contributed by atoms with E-state index in [9.17, 15) is 19.6 Å². The van der Waals surface area contributed by atoms with Crippen LogP contribution < -0.4 is 30.2 Å². The Hall–Kier alpha value is -4.22. The third kappa shape index (κ3) is 9.89. The Labute approximate surface area is 266 Å². The molecule has 0 saturated heterocycles. The summed E-state index contributed by atoms with van der Waals surface area (Å²) in [6.07, 6.45) is 0.584. The van der Waals surface area contributed by atoms with Crippen LogP contribution in [0.2, 0.25) is 0 Å². The summed E-state index contributed by atoms with van der Waals surface area (Å²) in [5, 5.41) is 28.8. The third-order valence-corrected chi connectivity index (χ3v) is 7.45. The van der Waals surface area contributed by atoms with Crippen molar-refractivity contribution in [2.24, 2.45) is 11.8 Å². The van der Waals surface area contributed by atoms with Crippen molar-refractivity contribution in [2.45, 2.75) is 58.6 Å². The van der Waals surface area contributed by atoms with Crippen molar-refractivity contribution in [3.63, 3.8) is 0 Å². The summed E-state index contributed by atoms with van der Waals surface area (Å²) >= 11 is 0. The Balaban J connectivity index is 1.95. The van der Waals surface area contributed by atoms with Crippen LogP contribution >= 0.6 is 0 Å². The maximum absolute atomic E-state index is 14.0. The van der Waals surface area contributed by atoms with Crippen LogP contribution in [0.5, 0.6) is 17.2 Å². The van der Waals surface area contributed by atoms with Crippen molar-refractivity contribution in [1.82, 2.24) is 10.6 Å². The Morgan fingerprint density at radius 2 is 1.40 bits per heavy atom. The molecular formula is C34H46BN3O7. The van der Waals surface area contributed by atoms with E-state index in [2.05, 4.69) is 16.0 Å². The zero-order valence-corrected chi connectivity index (χ0v) is 27.2. The molecule has 10 nitrogen and oxygen atoms in total. The van der Waals surface area contributed by atoms with Crippen LogP contribution in [0.1, 0.15) is 39.7 Å². The second-order valence-electron chi connectivity index (χ2n) is 11.8. The van der Waals surface area contributed by atoms with Crippen LogP contribution in [0.3, 0.4) is 0 Å². The SMILES string of the molecule is COc1cc(C[C@@H](Nc2cccc(-c3ccccc3)c2)C(=O)N[C@H](C(=O)NC(CC(C)C)B(O)O)C(C)C)cc(OC)c1OC. The Morgan fingerprint density at radius 3 is 1.93 bits per heavy atom. The number of rotatable bonds is 16. The molecule has 0 fully saturated rings. The van der Waals surface area contributed by atoms with Gasteiger partial charge in [0.2, 0.25) is 17.6 Å². The van der Waals surface area contributed by atoms with Gasteiger partial charge in [-0.05, 0) is 59.2 Å². The fourth-order valence-electron chi connectivity index (χ4n) is 5.14. The first-order valence-corrected chi connectivity index (χ1v) is 15.1. The number of hydrogen-bond acceptors (Lipinski definition) is 8. The molecule has 1 unspecified atom stereocenters. The quantitative estimate of drug-likeness (QED) is 0.151. The molecule has 0 saturated carbocycles. The van der Waals surface area contributed by atoms with Crippen molar-refractivity contribution in [3.05, 3.63) is 72.3 Å². The molecule has 0 aliphatic heterocycles. The molecular weight excluding hydrogens is 573 g/mol. The first kappa shape index (κ1) is 35.3. The summed E-state index contributed by atoms with van der Waals surface area (Å²) in [7, 11) is 2.85. The Bertz CT molecular complexity index is 1380. The van der Waals surface area contributed by atoms with Gasteiger partial charge >= 0.3 is 7.12 Å². The predicted octanol–water partition coefficient (Wildman–Crippen LogP) is 4.09. The molecule has 242 valence electrons. The summed E-state index contributed by atoms with van der Waals surface area (Å²) in [6.45, 7) is 7.50. The lowest BCUT2D eigenvalue weighted by Gasteiger charge is -2.28. The number of benzene rings is 3. The van der Waals surface area contributed by atoms with Crippen molar-refractivity contribution < 1.29 is 33.8 Å². The lowest BCUT2D eigenvalue weighted by atomic mass is 9.75. The van der Waals surface area contributed by atoms with Crippen LogP contribution in [0.25, 0.3) is 11.1 Å². The standard InChI is InChI=1S/C34H46BN3O7/c1-21(2)16-30(35(41)42)37-34(40)31(22(3)4)38-33(39)27(17-23-18-28(43-5)32(45-7)29(19-23)44-6)36-26-15-11-14-25(20-26)24-12-9-8-10-13-24/h8-15,18-22,27,30-31,36,41-42H,16-17H2,1-7H3,(H,37,40)(H,38,39)/t27-,30?,31+/m1/s1. The van der Waals surface area contributed by atoms with Crippen LogP contribution in [-0.2, 0) is 16.0 Å². The fraction of sp³-hybridized carbons (Fsp3) is 0.412. The minimum absolute atomic E-state index is 0.114. The number of amides is 2. The van der Waals surface area contributed by atoms with Gasteiger partial charge in [-0.2, -0.15) is 0 Å². The maximum Gasteiger partial charge on any atom is 0.475 e. The number of carbonyl (C=O) groups excluding carboxylic acids is 2. The number of ether oxygens (including phenoxy) is 3. The summed E-state index contributed by atoms with van der Waals surface area (Å²) in [5.74, 6) is -0.597. The molecule has 3 aromatic rings. The number of hydrogen-bond donors (Lipinski definition) is 5. The van der Waals surface area contributed by atoms with Crippen LogP contribution in [0.4, 0.5) is 5.69 Å². The van der Waals surface area contributed by atoms with Crippen LogP contribution in [-0.4, -0.2) is 68.3 Å². The minimum Gasteiger partial charge on any atom is -0.493 e. The maximum atomic E-state index is 14.0. The Kier molecular flexibility index (Phi) is 13.1. The third-order valence-electron chi connectivity index (χ3n) is 7.45. The van der Waals surface area contributed by atoms with Gasteiger partial charge in [0.15, 0.2) is 11.5 Å². The van der Waals surface area contributed by atoms with Gasteiger partial charge in [-0.1, -0.05) is 70.2 Å². The number of methoxy groups -OCH3 is 3. The monoisotopic (exact) mass is 619 g/mol. The zero-order valence-electron chi connectivity index (χ0n) is 27.2. The molecule has 2 amide bonds. The van der Waals surface area contributed by atoms with Gasteiger partial charge in [-0.15, -0.1) is 0 Å². The molecule has 0 aliphatic carbocycles. The second-order valence-corrected chi connectivity index (χ2v) is 11.8. The van der Waals surface area contributed by atoms with E-state index in [1.54, 1.807) is 12.1 Å². The van der Waals surface area contributed by atoms with E-state index in [4.69, 9.17) is 14.2 Å². The lowest BCUT2D eigenvalue weighted by molar-refractivity contribution is -0.130. The smallest absolute Gasteiger partial charge is 0.475 e. The molecule has 45 heavy (non-hydrogen) atoms. The topological polar surface area (TPSA) is 138 Å². The van der Waals surface area contributed by atoms with Crippen molar-refractivity contribution >= 4 is 24.6 Å². The first-order valence-electron chi connectivity index (χ1n) is 15.1. The van der Waals surface area contributed by atoms with Crippen molar-refractivity contribution in [2.75, 3.05) is 26.6 Å². The molecule has 11 heteroatoms. The summed E-state index contributed by atoms with van der Waals surface area (Å²) in [6, 6.07) is 19.5. The molecule has 3 aromatic carbocycles. The van der Waals surface area contributed by atoms with E-state index < -0.39 is 37.0 Å². The van der Waals surface area contributed by atoms with Gasteiger partial charge in [0.1, 0.15) is 12.1 Å². The van der Waals surface area contributed by atoms with Crippen molar-refractivity contribution in [1.29, 1.82) is 0 Å². The van der Waals surface area contributed by atoms with Gasteiger partial charge in [0.25, 0.3) is 0 Å². The molecule has 3 atom stereocenters. The lowest BCUT2D eigenvalue weighted by Crippen LogP contribution is -2.57. The van der Waals surface area contributed by atoms with E-state index in [0.29, 0.717) is 23.7 Å². The van der Waals surface area contributed by atoms with Gasteiger partial charge in [-0.25, -0.2) is 0 Å². The van der Waals surface area contributed by atoms with Gasteiger partial charge in [-0.3, -0.25) is 9.59 Å². The van der Waals surface area contributed by atoms with E-state index in [-0.39, 0.29) is 18.3 Å². The molecule has 0 aromatic heterocycles. The van der Waals surface area contributed by atoms with Gasteiger partial charge < -0.3 is 40.2 Å². The largest absolute Gasteiger partial charge is 0.493 e. The van der Waals surface area contributed by atoms with E-state index in [1.165, 1.54) is 21.3 Å². The highest BCUT2D eigenvalue weighted by atomic mass is 16.5. The van der Waals surface area contributed by atoms with Crippen LogP contribution in [0.15, 0.2) is 66.7 Å². The minimum atomic E-state index is -1.73. The molecule has 0 heterocycles. The molecule has 0 aliphatic rings. The fourth-order valence-corrected chi connectivity index (χ4v) is 5.14. The molecule has 5 N–H and O–H groups in total. The number of anilines is 1. The van der Waals surface area contributed by atoms with Gasteiger partial charge in [0.05, 0.1) is 27.3 Å². The van der Waals surface area contributed by atoms with Crippen molar-refractivity contribution in [3.8, 4) is 28.4 Å². The van der Waals surface area contributed by atoms with E-state index in [0.717, 1.165) is 22.4 Å². The number of nitrogens with one attached hydrogen (secondary N) is 3. The molecule has 0 spiro atoms. The average Bonchev–Trinajstić information content (AvgIpc) is 3.02. The zero-order chi connectivity index (χ0) is 33.1. The second kappa shape index (κ2) is 16.7. The highest BCUT2D eigenvalue weighted by molar-refractivity contribution is 6.43. The highest BCUT2D eigenvalue weighted by Crippen LogP contribution is 2.38. The molecule has 0 bridgehead atoms. The number of carbonyl (C=O) groups is 2. The predicted molar refractivity (Wildman–Crippen MR) is 177 cm³/mol. The molecule has 3 rings (SSSR count). The van der Waals surface area contributed by atoms with E-state index >= 15 is 0 Å². The van der Waals surface area contributed by atoms with Crippen LogP contribution in [0, 0.1) is 11.8 Å². The summed E-state index contributed by atoms with van der Waals surface area (Å²) in [5.41, 5.74) is 3.47. The summed E-state index contributed by atoms with van der Waals surface area (Å²) < 4.78 is 16.5. The van der Waals surface area contributed by atoms with Gasteiger partial charge in [0, 0.05) is 12.1 Å². The van der Waals surface area contributed by atoms with E-state index in [1.807, 2.05) is 82.3 Å². The molecule has 0 radical (unpaired) electrons. The average molecular weight is 620 g/mol.